The zero-order valence-electron chi connectivity index (χ0n) is 10.2. The van der Waals surface area contributed by atoms with E-state index in [-0.39, 0.29) is 23.6 Å². The minimum absolute atomic E-state index is 0.102. The standard InChI is InChI=1S/C12H13ClFNO4/c1-19-6-5-9(12(17)18)15-11(16)7-3-2-4-8(14)10(7)13/h2-4,9H,5-6H2,1H3,(H,15,16)(H,17,18). The van der Waals surface area contributed by atoms with E-state index in [1.165, 1.54) is 19.2 Å². The van der Waals surface area contributed by atoms with Crippen LogP contribution in [0.1, 0.15) is 16.8 Å². The van der Waals surface area contributed by atoms with Crippen molar-refractivity contribution < 1.29 is 23.8 Å². The van der Waals surface area contributed by atoms with Crippen LogP contribution in [0, 0.1) is 5.82 Å². The highest BCUT2D eigenvalue weighted by Crippen LogP contribution is 2.19. The number of hydrogen-bond donors (Lipinski definition) is 2. The third-order valence-corrected chi connectivity index (χ3v) is 2.79. The number of benzene rings is 1. The van der Waals surface area contributed by atoms with Gasteiger partial charge < -0.3 is 15.2 Å². The molecule has 0 radical (unpaired) electrons. The summed E-state index contributed by atoms with van der Waals surface area (Å²) in [5, 5.41) is 10.9. The SMILES string of the molecule is COCCC(NC(=O)c1cccc(F)c1Cl)C(=O)O. The van der Waals surface area contributed by atoms with Crippen molar-refractivity contribution in [1.82, 2.24) is 5.32 Å². The predicted molar refractivity (Wildman–Crippen MR) is 66.8 cm³/mol. The summed E-state index contributed by atoms with van der Waals surface area (Å²) in [6, 6.07) is 2.63. The van der Waals surface area contributed by atoms with Crippen molar-refractivity contribution in [3.63, 3.8) is 0 Å². The number of halogens is 2. The molecule has 0 fully saturated rings. The van der Waals surface area contributed by atoms with E-state index in [1.807, 2.05) is 0 Å². The second kappa shape index (κ2) is 7.06. The van der Waals surface area contributed by atoms with E-state index in [0.29, 0.717) is 0 Å². The quantitative estimate of drug-likeness (QED) is 0.836. The summed E-state index contributed by atoms with van der Waals surface area (Å²) < 4.78 is 17.9. The van der Waals surface area contributed by atoms with E-state index in [0.717, 1.165) is 6.07 Å². The Labute approximate surface area is 114 Å². The first-order valence-corrected chi connectivity index (χ1v) is 5.81. The zero-order valence-corrected chi connectivity index (χ0v) is 10.9. The molecular weight excluding hydrogens is 277 g/mol. The lowest BCUT2D eigenvalue weighted by atomic mass is 10.1. The van der Waals surface area contributed by atoms with Gasteiger partial charge in [-0.05, 0) is 12.1 Å². The lowest BCUT2D eigenvalue weighted by Gasteiger charge is -2.14. The smallest absolute Gasteiger partial charge is 0.326 e. The van der Waals surface area contributed by atoms with E-state index in [4.69, 9.17) is 21.4 Å². The molecular formula is C12H13ClFNO4. The third-order valence-electron chi connectivity index (χ3n) is 2.41. The summed E-state index contributed by atoms with van der Waals surface area (Å²) >= 11 is 5.65. The van der Waals surface area contributed by atoms with Crippen LogP contribution in [0.15, 0.2) is 18.2 Å². The van der Waals surface area contributed by atoms with Gasteiger partial charge in [0.2, 0.25) is 0 Å². The lowest BCUT2D eigenvalue weighted by Crippen LogP contribution is -2.41. The molecule has 19 heavy (non-hydrogen) atoms. The minimum atomic E-state index is -1.20. The Kier molecular flexibility index (Phi) is 5.72. The second-order valence-corrected chi connectivity index (χ2v) is 4.13. The highest BCUT2D eigenvalue weighted by atomic mass is 35.5. The van der Waals surface area contributed by atoms with Gasteiger partial charge >= 0.3 is 5.97 Å². The zero-order chi connectivity index (χ0) is 14.4. The fourth-order valence-corrected chi connectivity index (χ4v) is 1.62. The molecule has 0 aromatic heterocycles. The van der Waals surface area contributed by atoms with E-state index in [2.05, 4.69) is 5.32 Å². The van der Waals surface area contributed by atoms with Crippen LogP contribution in [0.25, 0.3) is 0 Å². The first-order valence-electron chi connectivity index (χ1n) is 5.44. The number of amides is 1. The Morgan fingerprint density at radius 3 is 2.79 bits per heavy atom. The van der Waals surface area contributed by atoms with E-state index >= 15 is 0 Å². The van der Waals surface area contributed by atoms with Crippen molar-refractivity contribution >= 4 is 23.5 Å². The number of ether oxygens (including phenoxy) is 1. The summed E-state index contributed by atoms with van der Waals surface area (Å²) in [6.07, 6.45) is 0.102. The normalized spacial score (nSPS) is 11.9. The molecule has 1 unspecified atom stereocenters. The lowest BCUT2D eigenvalue weighted by molar-refractivity contribution is -0.139. The van der Waals surface area contributed by atoms with Gasteiger partial charge in [0.1, 0.15) is 11.9 Å². The molecule has 0 heterocycles. The van der Waals surface area contributed by atoms with Crippen molar-refractivity contribution in [3.8, 4) is 0 Å². The van der Waals surface area contributed by atoms with Crippen LogP contribution in [0.3, 0.4) is 0 Å². The third kappa shape index (κ3) is 4.18. The van der Waals surface area contributed by atoms with Crippen LogP contribution in [0.2, 0.25) is 5.02 Å². The van der Waals surface area contributed by atoms with E-state index in [9.17, 15) is 14.0 Å². The Morgan fingerprint density at radius 2 is 2.21 bits per heavy atom. The van der Waals surface area contributed by atoms with Crippen molar-refractivity contribution in [2.75, 3.05) is 13.7 Å². The summed E-state index contributed by atoms with van der Waals surface area (Å²) in [6.45, 7) is 0.175. The number of rotatable bonds is 6. The van der Waals surface area contributed by atoms with Crippen LogP contribution < -0.4 is 5.32 Å². The van der Waals surface area contributed by atoms with Gasteiger partial charge in [-0.3, -0.25) is 4.79 Å². The molecule has 0 aliphatic carbocycles. The molecule has 1 rings (SSSR count). The molecule has 1 atom stereocenters. The van der Waals surface area contributed by atoms with Crippen LogP contribution in [-0.4, -0.2) is 36.7 Å². The van der Waals surface area contributed by atoms with Gasteiger partial charge in [-0.1, -0.05) is 17.7 Å². The first kappa shape index (κ1) is 15.4. The monoisotopic (exact) mass is 289 g/mol. The molecule has 1 aromatic carbocycles. The average molecular weight is 290 g/mol. The van der Waals surface area contributed by atoms with Crippen LogP contribution in [0.5, 0.6) is 0 Å². The molecule has 1 aromatic rings. The summed E-state index contributed by atoms with van der Waals surface area (Å²) in [5.41, 5.74) is -0.106. The molecule has 0 spiro atoms. The van der Waals surface area contributed by atoms with Gasteiger partial charge in [-0.2, -0.15) is 0 Å². The molecule has 2 N–H and O–H groups in total. The molecule has 0 aliphatic heterocycles. The van der Waals surface area contributed by atoms with Crippen LogP contribution in [-0.2, 0) is 9.53 Å². The molecule has 0 bridgehead atoms. The summed E-state index contributed by atoms with van der Waals surface area (Å²) in [5.74, 6) is -2.68. The number of carboxylic acid groups (broad SMARTS) is 1. The summed E-state index contributed by atoms with van der Waals surface area (Å²) in [7, 11) is 1.42. The number of carbonyl (C=O) groups is 2. The van der Waals surface area contributed by atoms with Crippen LogP contribution >= 0.6 is 11.6 Å². The number of carbonyl (C=O) groups excluding carboxylic acids is 1. The van der Waals surface area contributed by atoms with Gasteiger partial charge in [0, 0.05) is 20.1 Å². The minimum Gasteiger partial charge on any atom is -0.480 e. The van der Waals surface area contributed by atoms with Crippen LogP contribution in [0.4, 0.5) is 4.39 Å². The molecule has 7 heteroatoms. The van der Waals surface area contributed by atoms with Crippen molar-refractivity contribution in [3.05, 3.63) is 34.6 Å². The maximum atomic E-state index is 13.2. The Balaban J connectivity index is 2.82. The Hall–Kier alpha value is -1.66. The molecule has 5 nitrogen and oxygen atoms in total. The topological polar surface area (TPSA) is 75.6 Å². The second-order valence-electron chi connectivity index (χ2n) is 3.75. The maximum absolute atomic E-state index is 13.2. The fraction of sp³-hybridized carbons (Fsp3) is 0.333. The van der Waals surface area contributed by atoms with E-state index < -0.39 is 23.7 Å². The Bertz CT molecular complexity index is 481. The number of hydrogen-bond acceptors (Lipinski definition) is 3. The molecule has 1 amide bonds. The number of aliphatic carboxylic acids is 1. The van der Waals surface area contributed by atoms with Gasteiger partial charge in [-0.25, -0.2) is 9.18 Å². The first-order chi connectivity index (χ1) is 8.97. The highest BCUT2D eigenvalue weighted by molar-refractivity contribution is 6.34. The maximum Gasteiger partial charge on any atom is 0.326 e. The van der Waals surface area contributed by atoms with Crippen molar-refractivity contribution in [2.24, 2.45) is 0 Å². The molecule has 0 aliphatic rings. The van der Waals surface area contributed by atoms with Gasteiger partial charge in [0.05, 0.1) is 10.6 Å². The van der Waals surface area contributed by atoms with Gasteiger partial charge in [-0.15, -0.1) is 0 Å². The molecule has 104 valence electrons. The van der Waals surface area contributed by atoms with Gasteiger partial charge in [0.15, 0.2) is 0 Å². The number of carboxylic acids is 1. The highest BCUT2D eigenvalue weighted by Gasteiger charge is 2.22. The van der Waals surface area contributed by atoms with Gasteiger partial charge in [0.25, 0.3) is 5.91 Å². The summed E-state index contributed by atoms with van der Waals surface area (Å²) in [4.78, 5) is 22.8. The molecule has 0 saturated carbocycles. The fourth-order valence-electron chi connectivity index (χ4n) is 1.41. The molecule has 0 saturated heterocycles. The average Bonchev–Trinajstić information content (AvgIpc) is 2.37. The van der Waals surface area contributed by atoms with Crippen molar-refractivity contribution in [1.29, 1.82) is 0 Å². The Morgan fingerprint density at radius 1 is 1.53 bits per heavy atom. The van der Waals surface area contributed by atoms with Crippen molar-refractivity contribution in [2.45, 2.75) is 12.5 Å². The number of nitrogens with one attached hydrogen (secondary N) is 1. The largest absolute Gasteiger partial charge is 0.480 e. The van der Waals surface area contributed by atoms with E-state index in [1.54, 1.807) is 0 Å². The predicted octanol–water partition coefficient (Wildman–Crippen LogP) is 1.70. The number of methoxy groups -OCH3 is 1.